The molecule has 2 saturated carbocycles. The van der Waals surface area contributed by atoms with Crippen molar-refractivity contribution < 1.29 is 9.16 Å². The van der Waals surface area contributed by atoms with E-state index in [0.29, 0.717) is 16.6 Å². The lowest BCUT2D eigenvalue weighted by molar-refractivity contribution is -0.0613. The molecule has 0 bridgehead atoms. The molecular formula is C24H48O2Si. The van der Waals surface area contributed by atoms with Gasteiger partial charge in [-0.2, -0.15) is 0 Å². The molecule has 0 aliphatic heterocycles. The molecule has 0 amide bonds. The van der Waals surface area contributed by atoms with Crippen molar-refractivity contribution in [3.05, 3.63) is 0 Å². The van der Waals surface area contributed by atoms with Crippen LogP contribution in [0.3, 0.4) is 0 Å². The summed E-state index contributed by atoms with van der Waals surface area (Å²) in [6.45, 7) is 23.5. The fraction of sp³-hybridized carbons (Fsp3) is 1.00. The molecule has 0 aromatic heterocycles. The molecule has 0 heterocycles. The summed E-state index contributed by atoms with van der Waals surface area (Å²) < 4.78 is 13.1. The first kappa shape index (κ1) is 23.4. The second kappa shape index (κ2) is 8.48. The summed E-state index contributed by atoms with van der Waals surface area (Å²) in [5, 5.41) is 0.297. The summed E-state index contributed by atoms with van der Waals surface area (Å²) in [6.07, 6.45) is 9.55. The van der Waals surface area contributed by atoms with E-state index in [4.69, 9.17) is 9.16 Å². The van der Waals surface area contributed by atoms with Crippen LogP contribution in [0.5, 0.6) is 0 Å². The molecular weight excluding hydrogens is 348 g/mol. The molecule has 2 aliphatic carbocycles. The zero-order valence-electron chi connectivity index (χ0n) is 19.9. The molecule has 0 saturated heterocycles. The first-order valence-electron chi connectivity index (χ1n) is 11.6. The monoisotopic (exact) mass is 396 g/mol. The maximum Gasteiger partial charge on any atom is 0.192 e. The average Bonchev–Trinajstić information content (AvgIpc) is 2.89. The Bertz CT molecular complexity index is 479. The molecule has 0 aromatic carbocycles. The van der Waals surface area contributed by atoms with Crippen LogP contribution in [0.4, 0.5) is 0 Å². The molecule has 4 atom stereocenters. The fourth-order valence-electron chi connectivity index (χ4n) is 5.78. The van der Waals surface area contributed by atoms with Gasteiger partial charge in [0.25, 0.3) is 0 Å². The molecule has 27 heavy (non-hydrogen) atoms. The van der Waals surface area contributed by atoms with E-state index in [2.05, 4.69) is 61.6 Å². The number of hydrogen-bond donors (Lipinski definition) is 0. The summed E-state index contributed by atoms with van der Waals surface area (Å²) in [5.74, 6) is 1.49. The van der Waals surface area contributed by atoms with Gasteiger partial charge in [-0.05, 0) is 72.9 Å². The van der Waals surface area contributed by atoms with E-state index in [-0.39, 0.29) is 5.41 Å². The highest BCUT2D eigenvalue weighted by atomic mass is 28.4. The molecule has 2 fully saturated rings. The van der Waals surface area contributed by atoms with Crippen molar-refractivity contribution in [1.29, 1.82) is 0 Å². The highest BCUT2D eigenvalue weighted by Gasteiger charge is 2.56. The van der Waals surface area contributed by atoms with Crippen LogP contribution in [-0.4, -0.2) is 27.6 Å². The Hall–Kier alpha value is 0.137. The Labute approximate surface area is 171 Å². The van der Waals surface area contributed by atoms with E-state index < -0.39 is 8.32 Å². The SMILES string of the molecule is CCCCOCC(C)(C)[C@H]1CC[C@@H]2[C@H](O[Si](C)(C)C(C)(C)C)CCC[C@]21C. The summed E-state index contributed by atoms with van der Waals surface area (Å²) >= 11 is 0. The maximum absolute atomic E-state index is 7.00. The molecule has 0 radical (unpaired) electrons. The minimum atomic E-state index is -1.71. The number of rotatable bonds is 8. The first-order chi connectivity index (χ1) is 12.4. The van der Waals surface area contributed by atoms with E-state index in [0.717, 1.165) is 25.0 Å². The molecule has 160 valence electrons. The lowest BCUT2D eigenvalue weighted by Gasteiger charge is -2.51. The van der Waals surface area contributed by atoms with Crippen molar-refractivity contribution in [3.8, 4) is 0 Å². The van der Waals surface area contributed by atoms with E-state index >= 15 is 0 Å². The summed E-state index contributed by atoms with van der Waals surface area (Å²) in [5.41, 5.74) is 0.680. The zero-order valence-corrected chi connectivity index (χ0v) is 20.9. The van der Waals surface area contributed by atoms with Crippen LogP contribution in [0, 0.1) is 22.7 Å². The number of hydrogen-bond acceptors (Lipinski definition) is 2. The van der Waals surface area contributed by atoms with Crippen LogP contribution in [0.2, 0.25) is 18.1 Å². The van der Waals surface area contributed by atoms with E-state index in [1.165, 1.54) is 44.9 Å². The molecule has 0 N–H and O–H groups in total. The predicted octanol–water partition coefficient (Wildman–Crippen LogP) is 7.44. The van der Waals surface area contributed by atoms with Gasteiger partial charge in [-0.15, -0.1) is 0 Å². The molecule has 2 aliphatic rings. The summed E-state index contributed by atoms with van der Waals surface area (Å²) in [4.78, 5) is 0. The van der Waals surface area contributed by atoms with Crippen LogP contribution in [0.15, 0.2) is 0 Å². The van der Waals surface area contributed by atoms with Gasteiger partial charge in [0.2, 0.25) is 0 Å². The summed E-state index contributed by atoms with van der Waals surface area (Å²) in [7, 11) is -1.71. The van der Waals surface area contributed by atoms with Crippen molar-refractivity contribution in [1.82, 2.24) is 0 Å². The number of fused-ring (bicyclic) bond motifs is 1. The molecule has 0 spiro atoms. The first-order valence-corrected chi connectivity index (χ1v) is 14.5. The Morgan fingerprint density at radius 1 is 1.04 bits per heavy atom. The van der Waals surface area contributed by atoms with Gasteiger partial charge < -0.3 is 9.16 Å². The third-order valence-electron chi connectivity index (χ3n) is 8.37. The topological polar surface area (TPSA) is 18.5 Å². The van der Waals surface area contributed by atoms with Crippen molar-refractivity contribution in [2.24, 2.45) is 22.7 Å². The van der Waals surface area contributed by atoms with Crippen LogP contribution in [-0.2, 0) is 9.16 Å². The van der Waals surface area contributed by atoms with Gasteiger partial charge in [0.1, 0.15) is 0 Å². The van der Waals surface area contributed by atoms with Crippen LogP contribution in [0.1, 0.15) is 93.4 Å². The predicted molar refractivity (Wildman–Crippen MR) is 120 cm³/mol. The minimum Gasteiger partial charge on any atom is -0.414 e. The number of ether oxygens (including phenoxy) is 1. The van der Waals surface area contributed by atoms with Gasteiger partial charge in [-0.25, -0.2) is 0 Å². The normalized spacial score (nSPS) is 32.6. The third kappa shape index (κ3) is 5.01. The molecule has 3 heteroatoms. The average molecular weight is 397 g/mol. The lowest BCUT2D eigenvalue weighted by Crippen LogP contribution is -2.51. The molecule has 2 rings (SSSR count). The Morgan fingerprint density at radius 3 is 2.30 bits per heavy atom. The molecule has 0 aromatic rings. The highest BCUT2D eigenvalue weighted by molar-refractivity contribution is 6.74. The minimum absolute atomic E-state index is 0.260. The van der Waals surface area contributed by atoms with Crippen molar-refractivity contribution in [2.75, 3.05) is 13.2 Å². The van der Waals surface area contributed by atoms with Gasteiger partial charge in [0, 0.05) is 12.7 Å². The molecule has 2 nitrogen and oxygen atoms in total. The highest BCUT2D eigenvalue weighted by Crippen LogP contribution is 2.61. The van der Waals surface area contributed by atoms with Crippen molar-refractivity contribution in [2.45, 2.75) is 118 Å². The second-order valence-electron chi connectivity index (χ2n) is 11.9. The largest absolute Gasteiger partial charge is 0.414 e. The Balaban J connectivity index is 2.10. The molecule has 0 unspecified atom stereocenters. The zero-order chi connectivity index (χ0) is 20.5. The quantitative estimate of drug-likeness (QED) is 0.313. The van der Waals surface area contributed by atoms with Crippen LogP contribution >= 0.6 is 0 Å². The third-order valence-corrected chi connectivity index (χ3v) is 12.9. The maximum atomic E-state index is 7.00. The van der Waals surface area contributed by atoms with E-state index in [9.17, 15) is 0 Å². The van der Waals surface area contributed by atoms with Gasteiger partial charge in [-0.1, -0.05) is 61.3 Å². The number of unbranched alkanes of at least 4 members (excludes halogenated alkanes) is 1. The Kier molecular flexibility index (Phi) is 7.35. The fourth-order valence-corrected chi connectivity index (χ4v) is 7.17. The Morgan fingerprint density at radius 2 is 1.70 bits per heavy atom. The van der Waals surface area contributed by atoms with Gasteiger partial charge in [-0.3, -0.25) is 0 Å². The van der Waals surface area contributed by atoms with Crippen molar-refractivity contribution >= 4 is 8.32 Å². The van der Waals surface area contributed by atoms with Crippen LogP contribution < -0.4 is 0 Å². The standard InChI is InChI=1S/C24H48O2Si/c1-10-11-17-25-18-23(5,6)21-15-14-19-20(13-12-16-24(19,21)7)26-27(8,9)22(2,3)4/h19-21H,10-18H2,1-9H3/t19-,20-,21-,24-/m1/s1. The van der Waals surface area contributed by atoms with Crippen molar-refractivity contribution in [3.63, 3.8) is 0 Å². The van der Waals surface area contributed by atoms with Crippen LogP contribution in [0.25, 0.3) is 0 Å². The van der Waals surface area contributed by atoms with Gasteiger partial charge in [0.05, 0.1) is 6.61 Å². The van der Waals surface area contributed by atoms with E-state index in [1.54, 1.807) is 0 Å². The van der Waals surface area contributed by atoms with Gasteiger partial charge >= 0.3 is 0 Å². The van der Waals surface area contributed by atoms with Gasteiger partial charge in [0.15, 0.2) is 8.32 Å². The summed E-state index contributed by atoms with van der Waals surface area (Å²) in [6, 6.07) is 0. The second-order valence-corrected chi connectivity index (χ2v) is 16.7. The lowest BCUT2D eigenvalue weighted by atomic mass is 9.58. The van der Waals surface area contributed by atoms with E-state index in [1.807, 2.05) is 0 Å². The smallest absolute Gasteiger partial charge is 0.192 e.